The van der Waals surface area contributed by atoms with Crippen LogP contribution in [0, 0.1) is 24.5 Å². The van der Waals surface area contributed by atoms with Crippen LogP contribution in [0.2, 0.25) is 0 Å². The molecule has 2 N–H and O–H groups in total. The Labute approximate surface area is 117 Å². The van der Waals surface area contributed by atoms with Gasteiger partial charge in [-0.25, -0.2) is 8.78 Å². The van der Waals surface area contributed by atoms with Crippen LogP contribution >= 0.6 is 0 Å². The number of fused-ring (bicyclic) bond motifs is 1. The molecule has 1 nitrogen and oxygen atoms in total. The molecule has 1 aliphatic rings. The van der Waals surface area contributed by atoms with Crippen molar-refractivity contribution in [2.75, 3.05) is 0 Å². The van der Waals surface area contributed by atoms with Crippen LogP contribution in [-0.2, 0) is 12.8 Å². The van der Waals surface area contributed by atoms with Crippen LogP contribution < -0.4 is 5.73 Å². The second-order valence-corrected chi connectivity index (χ2v) is 5.59. The van der Waals surface area contributed by atoms with Crippen molar-refractivity contribution in [3.8, 4) is 0 Å². The van der Waals surface area contributed by atoms with Crippen molar-refractivity contribution in [1.29, 1.82) is 0 Å². The van der Waals surface area contributed by atoms with Crippen molar-refractivity contribution in [1.82, 2.24) is 0 Å². The topological polar surface area (TPSA) is 26.0 Å². The number of hydrogen-bond acceptors (Lipinski definition) is 1. The number of benzene rings is 2. The summed E-state index contributed by atoms with van der Waals surface area (Å²) in [6, 6.07) is 10.2. The van der Waals surface area contributed by atoms with E-state index < -0.39 is 17.7 Å². The molecule has 1 unspecified atom stereocenters. The van der Waals surface area contributed by atoms with Gasteiger partial charge in [0.25, 0.3) is 0 Å². The predicted molar refractivity (Wildman–Crippen MR) is 75.4 cm³/mol. The first-order chi connectivity index (χ1) is 9.56. The van der Waals surface area contributed by atoms with Crippen molar-refractivity contribution in [2.45, 2.75) is 25.8 Å². The molecule has 3 heteroatoms. The molecule has 1 aliphatic carbocycles. The van der Waals surface area contributed by atoms with Crippen molar-refractivity contribution in [3.05, 3.63) is 70.3 Å². The van der Waals surface area contributed by atoms with Gasteiger partial charge in [0.05, 0.1) is 0 Å². The first-order valence-corrected chi connectivity index (χ1v) is 6.84. The lowest BCUT2D eigenvalue weighted by molar-refractivity contribution is 0.433. The van der Waals surface area contributed by atoms with E-state index in [4.69, 9.17) is 5.73 Å². The van der Waals surface area contributed by atoms with Gasteiger partial charge in [-0.3, -0.25) is 0 Å². The summed E-state index contributed by atoms with van der Waals surface area (Å²) in [5, 5.41) is 0. The van der Waals surface area contributed by atoms with Gasteiger partial charge in [-0.1, -0.05) is 24.3 Å². The molecule has 20 heavy (non-hydrogen) atoms. The Morgan fingerprint density at radius 2 is 1.65 bits per heavy atom. The van der Waals surface area contributed by atoms with Crippen molar-refractivity contribution in [2.24, 2.45) is 11.7 Å². The molecule has 2 aromatic rings. The molecule has 0 heterocycles. The van der Waals surface area contributed by atoms with Crippen LogP contribution in [0.3, 0.4) is 0 Å². The molecule has 3 rings (SSSR count). The van der Waals surface area contributed by atoms with Crippen molar-refractivity contribution in [3.63, 3.8) is 0 Å². The minimum atomic E-state index is -0.475. The van der Waals surface area contributed by atoms with Crippen LogP contribution in [0.4, 0.5) is 8.78 Å². The van der Waals surface area contributed by atoms with Gasteiger partial charge in [0, 0.05) is 11.6 Å². The maximum absolute atomic E-state index is 14.0. The van der Waals surface area contributed by atoms with Gasteiger partial charge in [0.15, 0.2) is 0 Å². The Kier molecular flexibility index (Phi) is 3.30. The van der Waals surface area contributed by atoms with Gasteiger partial charge in [0.2, 0.25) is 0 Å². The first-order valence-electron chi connectivity index (χ1n) is 6.84. The van der Waals surface area contributed by atoms with Gasteiger partial charge in [-0.2, -0.15) is 0 Å². The van der Waals surface area contributed by atoms with E-state index >= 15 is 0 Å². The van der Waals surface area contributed by atoms with Crippen molar-refractivity contribution >= 4 is 0 Å². The number of nitrogens with two attached hydrogens (primary N) is 1. The highest BCUT2D eigenvalue weighted by atomic mass is 19.1. The minimum absolute atomic E-state index is 0.129. The molecule has 0 spiro atoms. The number of rotatable bonds is 2. The van der Waals surface area contributed by atoms with Crippen LogP contribution in [-0.4, -0.2) is 0 Å². The average Bonchev–Trinajstić information content (AvgIpc) is 2.86. The number of aryl methyl sites for hydroxylation is 1. The Morgan fingerprint density at radius 3 is 2.25 bits per heavy atom. The molecule has 0 aliphatic heterocycles. The summed E-state index contributed by atoms with van der Waals surface area (Å²) >= 11 is 0. The molecule has 1 atom stereocenters. The largest absolute Gasteiger partial charge is 0.324 e. The minimum Gasteiger partial charge on any atom is -0.324 e. The van der Waals surface area contributed by atoms with Crippen LogP contribution in [0.1, 0.15) is 28.3 Å². The highest BCUT2D eigenvalue weighted by molar-refractivity contribution is 5.35. The fourth-order valence-corrected chi connectivity index (χ4v) is 3.02. The fourth-order valence-electron chi connectivity index (χ4n) is 3.02. The Hall–Kier alpha value is -1.74. The van der Waals surface area contributed by atoms with Gasteiger partial charge in [0.1, 0.15) is 11.6 Å². The highest BCUT2D eigenvalue weighted by Gasteiger charge is 2.29. The number of hydrogen-bond donors (Lipinski definition) is 1. The lowest BCUT2D eigenvalue weighted by atomic mass is 9.90. The second-order valence-electron chi connectivity index (χ2n) is 5.59. The molecular weight excluding hydrogens is 256 g/mol. The summed E-state index contributed by atoms with van der Waals surface area (Å²) in [5.74, 6) is -0.677. The third-order valence-corrected chi connectivity index (χ3v) is 4.23. The summed E-state index contributed by atoms with van der Waals surface area (Å²) < 4.78 is 27.7. The second kappa shape index (κ2) is 4.98. The molecule has 0 aromatic heterocycles. The molecule has 0 saturated heterocycles. The SMILES string of the molecule is Cc1cc(F)c(C(N)C2Cc3ccccc3C2)cc1F. The molecule has 0 saturated carbocycles. The zero-order valence-electron chi connectivity index (χ0n) is 11.4. The quantitative estimate of drug-likeness (QED) is 0.887. The first kappa shape index (κ1) is 13.3. The van der Waals surface area contributed by atoms with E-state index in [1.807, 2.05) is 12.1 Å². The van der Waals surface area contributed by atoms with Crippen LogP contribution in [0.5, 0.6) is 0 Å². The fraction of sp³-hybridized carbons (Fsp3) is 0.294. The van der Waals surface area contributed by atoms with Crippen LogP contribution in [0.15, 0.2) is 36.4 Å². The van der Waals surface area contributed by atoms with Crippen molar-refractivity contribution < 1.29 is 8.78 Å². The molecule has 0 radical (unpaired) electrons. The molecule has 104 valence electrons. The van der Waals surface area contributed by atoms with E-state index in [1.165, 1.54) is 23.3 Å². The maximum atomic E-state index is 14.0. The molecule has 0 fully saturated rings. The average molecular weight is 273 g/mol. The predicted octanol–water partition coefficient (Wildman–Crippen LogP) is 3.69. The van der Waals surface area contributed by atoms with E-state index in [-0.39, 0.29) is 11.5 Å². The third kappa shape index (κ3) is 2.22. The zero-order valence-corrected chi connectivity index (χ0v) is 11.4. The zero-order chi connectivity index (χ0) is 14.3. The van der Waals surface area contributed by atoms with E-state index in [2.05, 4.69) is 12.1 Å². The van der Waals surface area contributed by atoms with Crippen LogP contribution in [0.25, 0.3) is 0 Å². The third-order valence-electron chi connectivity index (χ3n) is 4.23. The smallest absolute Gasteiger partial charge is 0.128 e. The summed E-state index contributed by atoms with van der Waals surface area (Å²) in [7, 11) is 0. The molecule has 0 amide bonds. The van der Waals surface area contributed by atoms with E-state index in [0.29, 0.717) is 5.56 Å². The Balaban J connectivity index is 1.88. The summed E-state index contributed by atoms with van der Waals surface area (Å²) in [6.45, 7) is 1.55. The lowest BCUT2D eigenvalue weighted by Gasteiger charge is -2.20. The van der Waals surface area contributed by atoms with E-state index in [0.717, 1.165) is 12.8 Å². The monoisotopic (exact) mass is 273 g/mol. The molecule has 0 bridgehead atoms. The Morgan fingerprint density at radius 1 is 1.05 bits per heavy atom. The van der Waals surface area contributed by atoms with Gasteiger partial charge in [-0.05, 0) is 54.5 Å². The van der Waals surface area contributed by atoms with E-state index in [9.17, 15) is 8.78 Å². The summed E-state index contributed by atoms with van der Waals surface area (Å²) in [5.41, 5.74) is 9.32. The normalized spacial score (nSPS) is 16.2. The maximum Gasteiger partial charge on any atom is 0.128 e. The lowest BCUT2D eigenvalue weighted by Crippen LogP contribution is -2.23. The summed E-state index contributed by atoms with van der Waals surface area (Å²) in [6.07, 6.45) is 1.65. The van der Waals surface area contributed by atoms with Gasteiger partial charge < -0.3 is 5.73 Å². The number of halogens is 2. The molecular formula is C17H17F2N. The Bertz CT molecular complexity index is 626. The van der Waals surface area contributed by atoms with E-state index in [1.54, 1.807) is 6.92 Å². The van der Waals surface area contributed by atoms with Gasteiger partial charge >= 0.3 is 0 Å². The standard InChI is InChI=1S/C17H17F2N/c1-10-6-16(19)14(9-15(10)18)17(20)13-7-11-4-2-3-5-12(11)8-13/h2-6,9,13,17H,7-8,20H2,1H3. The highest BCUT2D eigenvalue weighted by Crippen LogP contribution is 2.35. The molecule has 2 aromatic carbocycles. The van der Waals surface area contributed by atoms with Gasteiger partial charge in [-0.15, -0.1) is 0 Å². The summed E-state index contributed by atoms with van der Waals surface area (Å²) in [4.78, 5) is 0.